The number of Topliss-reactive ketones (excluding diaryl/α,β-unsaturated/α-hetero) is 1. The Morgan fingerprint density at radius 2 is 1.64 bits per heavy atom. The van der Waals surface area contributed by atoms with Crippen molar-refractivity contribution in [1.82, 2.24) is 0 Å². The third-order valence-corrected chi connectivity index (χ3v) is 2.53. The standard InChI is InChI=1S/C9H16OS/c1-6(2)9(8(5)10)11-7(3)4/h7H,1-5H3. The molecule has 0 spiro atoms. The van der Waals surface area contributed by atoms with E-state index in [2.05, 4.69) is 13.8 Å². The molecular formula is C9H16OS. The van der Waals surface area contributed by atoms with E-state index in [9.17, 15) is 4.79 Å². The molecule has 0 aliphatic rings. The van der Waals surface area contributed by atoms with Crippen LogP contribution in [0.15, 0.2) is 10.5 Å². The number of carbonyl (C=O) groups excluding carboxylic acids is 1. The zero-order valence-corrected chi connectivity index (χ0v) is 8.71. The molecule has 0 aromatic heterocycles. The second kappa shape index (κ2) is 4.60. The maximum atomic E-state index is 11.0. The van der Waals surface area contributed by atoms with Crippen LogP contribution in [0, 0.1) is 0 Å². The van der Waals surface area contributed by atoms with E-state index in [0.717, 1.165) is 10.5 Å². The van der Waals surface area contributed by atoms with Gasteiger partial charge in [-0.15, -0.1) is 11.8 Å². The molecule has 0 atom stereocenters. The van der Waals surface area contributed by atoms with Crippen molar-refractivity contribution in [3.63, 3.8) is 0 Å². The number of thioether (sulfide) groups is 1. The molecule has 0 rings (SSSR count). The lowest BCUT2D eigenvalue weighted by atomic mass is 10.3. The minimum atomic E-state index is 0.184. The SMILES string of the molecule is CC(=O)C(SC(C)C)=C(C)C. The van der Waals surface area contributed by atoms with Crippen LogP contribution in [0.2, 0.25) is 0 Å². The fourth-order valence-corrected chi connectivity index (χ4v) is 1.66. The fraction of sp³-hybridized carbons (Fsp3) is 0.667. The van der Waals surface area contributed by atoms with Crippen molar-refractivity contribution in [2.75, 3.05) is 0 Å². The first-order valence-electron chi connectivity index (χ1n) is 3.80. The Labute approximate surface area is 73.3 Å². The normalized spacial score (nSPS) is 10.0. The summed E-state index contributed by atoms with van der Waals surface area (Å²) in [6.45, 7) is 9.77. The van der Waals surface area contributed by atoms with E-state index < -0.39 is 0 Å². The molecule has 64 valence electrons. The molecule has 0 bridgehead atoms. The van der Waals surface area contributed by atoms with Crippen LogP contribution in [0.4, 0.5) is 0 Å². The van der Waals surface area contributed by atoms with Crippen LogP contribution in [0.5, 0.6) is 0 Å². The number of hydrogen-bond donors (Lipinski definition) is 0. The number of carbonyl (C=O) groups is 1. The average molecular weight is 172 g/mol. The Kier molecular flexibility index (Phi) is 4.50. The maximum Gasteiger partial charge on any atom is 0.166 e. The van der Waals surface area contributed by atoms with Gasteiger partial charge in [0.15, 0.2) is 5.78 Å². The van der Waals surface area contributed by atoms with E-state index in [1.54, 1.807) is 18.7 Å². The van der Waals surface area contributed by atoms with Gasteiger partial charge in [0.05, 0.1) is 0 Å². The van der Waals surface area contributed by atoms with Crippen molar-refractivity contribution < 1.29 is 4.79 Å². The van der Waals surface area contributed by atoms with Crippen molar-refractivity contribution in [3.05, 3.63) is 10.5 Å². The van der Waals surface area contributed by atoms with Crippen molar-refractivity contribution in [2.24, 2.45) is 0 Å². The highest BCUT2D eigenvalue weighted by Crippen LogP contribution is 2.24. The van der Waals surface area contributed by atoms with Gasteiger partial charge in [0.2, 0.25) is 0 Å². The van der Waals surface area contributed by atoms with Gasteiger partial charge in [-0.1, -0.05) is 19.4 Å². The Hall–Kier alpha value is -0.240. The molecule has 0 saturated carbocycles. The first-order chi connectivity index (χ1) is 4.95. The monoisotopic (exact) mass is 172 g/mol. The number of rotatable bonds is 3. The van der Waals surface area contributed by atoms with Crippen LogP contribution in [-0.4, -0.2) is 11.0 Å². The molecule has 11 heavy (non-hydrogen) atoms. The molecular weight excluding hydrogens is 156 g/mol. The largest absolute Gasteiger partial charge is 0.294 e. The zero-order valence-electron chi connectivity index (χ0n) is 7.89. The molecule has 0 aliphatic heterocycles. The van der Waals surface area contributed by atoms with E-state index >= 15 is 0 Å². The highest BCUT2D eigenvalue weighted by Gasteiger charge is 2.08. The van der Waals surface area contributed by atoms with Gasteiger partial charge < -0.3 is 0 Å². The third-order valence-electron chi connectivity index (χ3n) is 1.13. The number of ketones is 1. The molecule has 0 N–H and O–H groups in total. The smallest absolute Gasteiger partial charge is 0.166 e. The van der Waals surface area contributed by atoms with E-state index in [-0.39, 0.29) is 5.78 Å². The predicted octanol–water partition coefficient (Wildman–Crippen LogP) is 3.01. The van der Waals surface area contributed by atoms with Gasteiger partial charge in [0.25, 0.3) is 0 Å². The van der Waals surface area contributed by atoms with Crippen molar-refractivity contribution >= 4 is 17.5 Å². The Morgan fingerprint density at radius 3 is 1.73 bits per heavy atom. The summed E-state index contributed by atoms with van der Waals surface area (Å²) < 4.78 is 0. The van der Waals surface area contributed by atoms with E-state index in [0.29, 0.717) is 5.25 Å². The minimum absolute atomic E-state index is 0.184. The Balaban J connectivity index is 4.39. The van der Waals surface area contributed by atoms with Crippen molar-refractivity contribution in [1.29, 1.82) is 0 Å². The van der Waals surface area contributed by atoms with Gasteiger partial charge in [0, 0.05) is 10.2 Å². The minimum Gasteiger partial charge on any atom is -0.294 e. The fourth-order valence-electron chi connectivity index (χ4n) is 0.789. The maximum absolute atomic E-state index is 11.0. The van der Waals surface area contributed by atoms with Crippen LogP contribution in [0.3, 0.4) is 0 Å². The van der Waals surface area contributed by atoms with Crippen LogP contribution in [-0.2, 0) is 4.79 Å². The van der Waals surface area contributed by atoms with Gasteiger partial charge >= 0.3 is 0 Å². The van der Waals surface area contributed by atoms with Crippen LogP contribution < -0.4 is 0 Å². The molecule has 0 aliphatic carbocycles. The summed E-state index contributed by atoms with van der Waals surface area (Å²) in [5.41, 5.74) is 1.12. The van der Waals surface area contributed by atoms with Crippen LogP contribution >= 0.6 is 11.8 Å². The second-order valence-electron chi connectivity index (χ2n) is 3.05. The highest BCUT2D eigenvalue weighted by atomic mass is 32.2. The molecule has 0 amide bonds. The molecule has 0 saturated heterocycles. The molecule has 0 unspecified atom stereocenters. The van der Waals surface area contributed by atoms with Gasteiger partial charge in [0.1, 0.15) is 0 Å². The third kappa shape index (κ3) is 4.25. The molecule has 1 nitrogen and oxygen atoms in total. The summed E-state index contributed by atoms with van der Waals surface area (Å²) in [7, 11) is 0. The topological polar surface area (TPSA) is 17.1 Å². The van der Waals surface area contributed by atoms with Crippen LogP contribution in [0.25, 0.3) is 0 Å². The van der Waals surface area contributed by atoms with Gasteiger partial charge in [-0.3, -0.25) is 4.79 Å². The first kappa shape index (κ1) is 10.8. The lowest BCUT2D eigenvalue weighted by Crippen LogP contribution is -1.99. The quantitative estimate of drug-likeness (QED) is 0.609. The van der Waals surface area contributed by atoms with Gasteiger partial charge in [-0.25, -0.2) is 0 Å². The predicted molar refractivity (Wildman–Crippen MR) is 51.8 cm³/mol. The molecule has 0 radical (unpaired) electrons. The molecule has 0 fully saturated rings. The number of hydrogen-bond acceptors (Lipinski definition) is 2. The molecule has 2 heteroatoms. The Morgan fingerprint density at radius 1 is 1.18 bits per heavy atom. The lowest BCUT2D eigenvalue weighted by Gasteiger charge is -2.07. The van der Waals surface area contributed by atoms with Gasteiger partial charge in [-0.05, 0) is 20.8 Å². The summed E-state index contributed by atoms with van der Waals surface area (Å²) in [4.78, 5) is 12.0. The second-order valence-corrected chi connectivity index (χ2v) is 4.64. The van der Waals surface area contributed by atoms with E-state index in [4.69, 9.17) is 0 Å². The number of allylic oxidation sites excluding steroid dienone is 2. The Bertz CT molecular complexity index is 176. The van der Waals surface area contributed by atoms with Crippen molar-refractivity contribution in [3.8, 4) is 0 Å². The van der Waals surface area contributed by atoms with Crippen LogP contribution in [0.1, 0.15) is 34.6 Å². The van der Waals surface area contributed by atoms with E-state index in [1.165, 1.54) is 0 Å². The summed E-state index contributed by atoms with van der Waals surface area (Å²) in [5, 5.41) is 0.490. The molecule has 0 heterocycles. The molecule has 0 aromatic carbocycles. The van der Waals surface area contributed by atoms with Gasteiger partial charge in [-0.2, -0.15) is 0 Å². The summed E-state index contributed by atoms with van der Waals surface area (Å²) in [6.07, 6.45) is 0. The summed E-state index contributed by atoms with van der Waals surface area (Å²) in [6, 6.07) is 0. The highest BCUT2D eigenvalue weighted by molar-refractivity contribution is 8.04. The summed E-state index contributed by atoms with van der Waals surface area (Å²) >= 11 is 1.65. The van der Waals surface area contributed by atoms with Crippen molar-refractivity contribution in [2.45, 2.75) is 39.9 Å². The average Bonchev–Trinajstić information content (AvgIpc) is 1.81. The summed E-state index contributed by atoms with van der Waals surface area (Å²) in [5.74, 6) is 0.184. The molecule has 0 aromatic rings. The zero-order chi connectivity index (χ0) is 9.02. The first-order valence-corrected chi connectivity index (χ1v) is 4.68. The van der Waals surface area contributed by atoms with E-state index in [1.807, 2.05) is 13.8 Å². The lowest BCUT2D eigenvalue weighted by molar-refractivity contribution is -0.113.